The summed E-state index contributed by atoms with van der Waals surface area (Å²) in [5.74, 6) is 0.849. The van der Waals surface area contributed by atoms with Gasteiger partial charge in [-0.15, -0.1) is 0 Å². The fourth-order valence-corrected chi connectivity index (χ4v) is 3.25. The third-order valence-corrected chi connectivity index (χ3v) is 4.46. The maximum atomic E-state index is 4.87. The van der Waals surface area contributed by atoms with Crippen molar-refractivity contribution in [1.29, 1.82) is 0 Å². The molecule has 0 radical (unpaired) electrons. The van der Waals surface area contributed by atoms with Crippen molar-refractivity contribution < 1.29 is 0 Å². The Morgan fingerprint density at radius 2 is 1.42 bits per heavy atom. The first-order valence-corrected chi connectivity index (χ1v) is 8.57. The largest absolute Gasteiger partial charge is 0.275 e. The molecule has 5 rings (SSSR count). The van der Waals surface area contributed by atoms with Crippen molar-refractivity contribution in [2.24, 2.45) is 0 Å². The summed E-state index contributed by atoms with van der Waals surface area (Å²) in [5.41, 5.74) is 6.42. The molecule has 0 saturated heterocycles. The summed E-state index contributed by atoms with van der Waals surface area (Å²) < 4.78 is 2.09. The van der Waals surface area contributed by atoms with Crippen molar-refractivity contribution in [3.8, 4) is 17.1 Å². The van der Waals surface area contributed by atoms with Crippen molar-refractivity contribution >= 4 is 22.3 Å². The van der Waals surface area contributed by atoms with E-state index < -0.39 is 0 Å². The van der Waals surface area contributed by atoms with Crippen LogP contribution in [0.15, 0.2) is 78.9 Å². The number of aromatic nitrogens is 4. The first kappa shape index (κ1) is 14.8. The van der Waals surface area contributed by atoms with Gasteiger partial charge in [-0.3, -0.25) is 4.57 Å². The van der Waals surface area contributed by atoms with Gasteiger partial charge in [0.1, 0.15) is 5.82 Å². The second-order valence-electron chi connectivity index (χ2n) is 6.34. The fourth-order valence-electron chi connectivity index (χ4n) is 3.25. The van der Waals surface area contributed by atoms with Crippen LogP contribution in [0.1, 0.15) is 5.56 Å². The molecular weight excluding hydrogens is 320 g/mol. The van der Waals surface area contributed by atoms with Gasteiger partial charge >= 0.3 is 0 Å². The highest BCUT2D eigenvalue weighted by Crippen LogP contribution is 2.28. The smallest absolute Gasteiger partial charge is 0.199 e. The van der Waals surface area contributed by atoms with Gasteiger partial charge in [0.25, 0.3) is 0 Å². The summed E-state index contributed by atoms with van der Waals surface area (Å²) >= 11 is 0. The number of imidazole rings is 1. The monoisotopic (exact) mass is 336 g/mol. The zero-order chi connectivity index (χ0) is 17.5. The zero-order valence-corrected chi connectivity index (χ0v) is 14.3. The molecule has 4 heteroatoms. The Morgan fingerprint density at radius 1 is 0.692 bits per heavy atom. The Labute approximate surface area is 150 Å². The van der Waals surface area contributed by atoms with Crippen LogP contribution in [0, 0.1) is 6.92 Å². The summed E-state index contributed by atoms with van der Waals surface area (Å²) in [6.07, 6.45) is 0. The SMILES string of the molecule is Cc1cccc(-n2c(-c3ccccc3)nc3nc4ccccc4nc32)c1. The van der Waals surface area contributed by atoms with Crippen LogP contribution in [0.25, 0.3) is 39.4 Å². The van der Waals surface area contributed by atoms with E-state index in [9.17, 15) is 0 Å². The number of para-hydroxylation sites is 2. The molecule has 0 aliphatic rings. The van der Waals surface area contributed by atoms with Crippen molar-refractivity contribution in [3.63, 3.8) is 0 Å². The second-order valence-corrected chi connectivity index (χ2v) is 6.34. The van der Waals surface area contributed by atoms with Gasteiger partial charge in [0.05, 0.1) is 11.0 Å². The average Bonchev–Trinajstić information content (AvgIpc) is 3.05. The second kappa shape index (κ2) is 5.77. The van der Waals surface area contributed by atoms with Gasteiger partial charge in [0, 0.05) is 11.3 Å². The van der Waals surface area contributed by atoms with Crippen molar-refractivity contribution in [2.45, 2.75) is 6.92 Å². The number of rotatable bonds is 2. The summed E-state index contributed by atoms with van der Waals surface area (Å²) in [6, 6.07) is 26.4. The minimum atomic E-state index is 0.657. The van der Waals surface area contributed by atoms with Crippen LogP contribution in [-0.2, 0) is 0 Å². The molecule has 4 nitrogen and oxygen atoms in total. The molecule has 26 heavy (non-hydrogen) atoms. The zero-order valence-electron chi connectivity index (χ0n) is 14.3. The van der Waals surface area contributed by atoms with Gasteiger partial charge in [0.2, 0.25) is 0 Å². The van der Waals surface area contributed by atoms with E-state index in [1.54, 1.807) is 0 Å². The van der Waals surface area contributed by atoms with Crippen LogP contribution in [-0.4, -0.2) is 19.5 Å². The van der Waals surface area contributed by atoms with Gasteiger partial charge in [-0.25, -0.2) is 15.0 Å². The highest BCUT2D eigenvalue weighted by Gasteiger charge is 2.17. The molecule has 0 spiro atoms. The summed E-state index contributed by atoms with van der Waals surface area (Å²) in [5, 5.41) is 0. The Balaban J connectivity index is 1.90. The molecule has 2 heterocycles. The van der Waals surface area contributed by atoms with Crippen molar-refractivity contribution in [1.82, 2.24) is 19.5 Å². The molecule has 3 aromatic carbocycles. The highest BCUT2D eigenvalue weighted by molar-refractivity contribution is 5.86. The molecule has 0 bridgehead atoms. The van der Waals surface area contributed by atoms with Gasteiger partial charge in [0.15, 0.2) is 11.3 Å². The molecule has 0 atom stereocenters. The van der Waals surface area contributed by atoms with E-state index >= 15 is 0 Å². The predicted octanol–water partition coefficient (Wildman–Crippen LogP) is 4.94. The van der Waals surface area contributed by atoms with Crippen LogP contribution in [0.4, 0.5) is 0 Å². The van der Waals surface area contributed by atoms with E-state index in [0.717, 1.165) is 33.8 Å². The summed E-state index contributed by atoms with van der Waals surface area (Å²) in [6.45, 7) is 2.09. The minimum Gasteiger partial charge on any atom is -0.275 e. The van der Waals surface area contributed by atoms with E-state index in [4.69, 9.17) is 15.0 Å². The quantitative estimate of drug-likeness (QED) is 0.458. The van der Waals surface area contributed by atoms with Gasteiger partial charge in [-0.1, -0.05) is 54.6 Å². The van der Waals surface area contributed by atoms with Crippen LogP contribution < -0.4 is 0 Å². The molecule has 0 fully saturated rings. The van der Waals surface area contributed by atoms with Crippen LogP contribution in [0.5, 0.6) is 0 Å². The standard InChI is InChI=1S/C22H16N4/c1-15-8-7-11-17(14-15)26-21(16-9-3-2-4-10-16)25-20-22(26)24-19-13-6-5-12-18(19)23-20/h2-14H,1H3. The summed E-state index contributed by atoms with van der Waals surface area (Å²) in [4.78, 5) is 14.4. The van der Waals surface area contributed by atoms with Crippen molar-refractivity contribution in [3.05, 3.63) is 84.4 Å². The fraction of sp³-hybridized carbons (Fsp3) is 0.0455. The van der Waals surface area contributed by atoms with Crippen LogP contribution >= 0.6 is 0 Å². The Morgan fingerprint density at radius 3 is 2.19 bits per heavy atom. The van der Waals surface area contributed by atoms with Crippen LogP contribution in [0.3, 0.4) is 0 Å². The van der Waals surface area contributed by atoms with Gasteiger partial charge in [-0.2, -0.15) is 0 Å². The Kier molecular flexibility index (Phi) is 3.28. The molecule has 0 N–H and O–H groups in total. The van der Waals surface area contributed by atoms with E-state index in [-0.39, 0.29) is 0 Å². The lowest BCUT2D eigenvalue weighted by Crippen LogP contribution is -1.99. The molecule has 124 valence electrons. The molecule has 0 saturated carbocycles. The molecule has 0 amide bonds. The molecule has 2 aromatic heterocycles. The molecule has 0 unspecified atom stereocenters. The maximum absolute atomic E-state index is 4.87. The van der Waals surface area contributed by atoms with E-state index in [1.807, 2.05) is 42.5 Å². The number of benzene rings is 3. The Hall–Kier alpha value is -3.53. The number of hydrogen-bond acceptors (Lipinski definition) is 3. The molecule has 0 aliphatic heterocycles. The van der Waals surface area contributed by atoms with E-state index in [1.165, 1.54) is 5.56 Å². The number of hydrogen-bond donors (Lipinski definition) is 0. The molecule has 5 aromatic rings. The minimum absolute atomic E-state index is 0.657. The molecular formula is C22H16N4. The Bertz CT molecular complexity index is 1240. The first-order valence-electron chi connectivity index (χ1n) is 8.57. The third kappa shape index (κ3) is 2.35. The maximum Gasteiger partial charge on any atom is 0.199 e. The third-order valence-electron chi connectivity index (χ3n) is 4.46. The lowest BCUT2D eigenvalue weighted by Gasteiger charge is -2.09. The first-order chi connectivity index (χ1) is 12.8. The molecule has 0 aliphatic carbocycles. The lowest BCUT2D eigenvalue weighted by atomic mass is 10.2. The van der Waals surface area contributed by atoms with E-state index in [0.29, 0.717) is 5.65 Å². The average molecular weight is 336 g/mol. The predicted molar refractivity (Wildman–Crippen MR) is 104 cm³/mol. The lowest BCUT2D eigenvalue weighted by molar-refractivity contribution is 1.08. The van der Waals surface area contributed by atoms with Gasteiger partial charge < -0.3 is 0 Å². The van der Waals surface area contributed by atoms with Crippen LogP contribution in [0.2, 0.25) is 0 Å². The number of fused-ring (bicyclic) bond motifs is 2. The topological polar surface area (TPSA) is 43.6 Å². The number of nitrogens with zero attached hydrogens (tertiary/aromatic N) is 4. The highest BCUT2D eigenvalue weighted by atomic mass is 15.2. The summed E-state index contributed by atoms with van der Waals surface area (Å²) in [7, 11) is 0. The normalized spacial score (nSPS) is 11.3. The van der Waals surface area contributed by atoms with E-state index in [2.05, 4.69) is 47.9 Å². The van der Waals surface area contributed by atoms with Crippen molar-refractivity contribution in [2.75, 3.05) is 0 Å². The van der Waals surface area contributed by atoms with Gasteiger partial charge in [-0.05, 0) is 36.8 Å². The number of aryl methyl sites for hydroxylation is 1.